The van der Waals surface area contributed by atoms with Gasteiger partial charge in [-0.25, -0.2) is 4.68 Å². The average molecular weight is 580 g/mol. The molecule has 0 spiro atoms. The van der Waals surface area contributed by atoms with Crippen molar-refractivity contribution >= 4 is 40.1 Å². The number of nitrogens with one attached hydrogen (secondary N) is 2. The number of amides is 2. The van der Waals surface area contributed by atoms with Crippen LogP contribution >= 0.6 is 11.6 Å². The van der Waals surface area contributed by atoms with Gasteiger partial charge in [0.05, 0.1) is 16.9 Å². The Balaban J connectivity index is 1.49. The van der Waals surface area contributed by atoms with Gasteiger partial charge in [-0.1, -0.05) is 43.6 Å². The molecule has 0 aliphatic heterocycles. The van der Waals surface area contributed by atoms with E-state index in [2.05, 4.69) is 15.5 Å². The van der Waals surface area contributed by atoms with Crippen LogP contribution in [0.15, 0.2) is 57.7 Å². The summed E-state index contributed by atoms with van der Waals surface area (Å²) in [6.07, 6.45) is 1.54. The lowest BCUT2D eigenvalue weighted by atomic mass is 9.88. The van der Waals surface area contributed by atoms with Crippen molar-refractivity contribution in [3.8, 4) is 5.69 Å². The summed E-state index contributed by atoms with van der Waals surface area (Å²) in [6, 6.07) is 14.5. The van der Waals surface area contributed by atoms with Crippen molar-refractivity contribution in [2.75, 3.05) is 32.5 Å². The predicted molar refractivity (Wildman–Crippen MR) is 163 cm³/mol. The van der Waals surface area contributed by atoms with Gasteiger partial charge in [-0.15, -0.1) is 0 Å². The molecular formula is C31H38ClN5O4. The molecule has 0 unspecified atom stereocenters. The van der Waals surface area contributed by atoms with Crippen LogP contribution < -0.4 is 16.2 Å². The highest BCUT2D eigenvalue weighted by Gasteiger charge is 2.27. The van der Waals surface area contributed by atoms with E-state index in [1.165, 1.54) is 0 Å². The molecule has 0 aliphatic rings. The number of carbonyl (C=O) groups is 2. The van der Waals surface area contributed by atoms with Gasteiger partial charge in [0, 0.05) is 30.4 Å². The Morgan fingerprint density at radius 2 is 1.80 bits per heavy atom. The summed E-state index contributed by atoms with van der Waals surface area (Å²) in [6.45, 7) is 6.67. The molecule has 218 valence electrons. The van der Waals surface area contributed by atoms with Crippen LogP contribution in [0.5, 0.6) is 0 Å². The second-order valence-corrected chi connectivity index (χ2v) is 11.9. The summed E-state index contributed by atoms with van der Waals surface area (Å²) in [5.41, 5.74) is 1.70. The molecule has 0 radical (unpaired) electrons. The smallest absolute Gasteiger partial charge is 0.295 e. The Morgan fingerprint density at radius 3 is 2.49 bits per heavy atom. The van der Waals surface area contributed by atoms with Crippen LogP contribution in [0.2, 0.25) is 5.02 Å². The maximum Gasteiger partial charge on any atom is 0.295 e. The first-order valence-corrected chi connectivity index (χ1v) is 14.0. The van der Waals surface area contributed by atoms with Crippen LogP contribution in [0.1, 0.15) is 48.5 Å². The lowest BCUT2D eigenvalue weighted by molar-refractivity contribution is -0.118. The number of halogens is 1. The number of rotatable bonds is 11. The molecule has 4 rings (SSSR count). The molecule has 2 aromatic heterocycles. The van der Waals surface area contributed by atoms with Gasteiger partial charge in [0.25, 0.3) is 11.5 Å². The van der Waals surface area contributed by atoms with Crippen molar-refractivity contribution in [3.05, 3.63) is 80.9 Å². The van der Waals surface area contributed by atoms with E-state index in [9.17, 15) is 14.4 Å². The number of nitrogens with zero attached hydrogens (tertiary/aromatic N) is 3. The molecule has 0 atom stereocenters. The summed E-state index contributed by atoms with van der Waals surface area (Å²) in [7, 11) is 5.84. The molecule has 10 heteroatoms. The Bertz CT molecular complexity index is 1610. The van der Waals surface area contributed by atoms with E-state index in [1.54, 1.807) is 16.8 Å². The summed E-state index contributed by atoms with van der Waals surface area (Å²) in [4.78, 5) is 42.0. The van der Waals surface area contributed by atoms with Crippen molar-refractivity contribution < 1.29 is 14.0 Å². The Morgan fingerprint density at radius 1 is 1.10 bits per heavy atom. The van der Waals surface area contributed by atoms with Gasteiger partial charge in [0.1, 0.15) is 17.0 Å². The van der Waals surface area contributed by atoms with Gasteiger partial charge in [-0.3, -0.25) is 19.1 Å². The van der Waals surface area contributed by atoms with Crippen LogP contribution in [0, 0.1) is 12.3 Å². The van der Waals surface area contributed by atoms with Crippen LogP contribution in [0.4, 0.5) is 5.69 Å². The molecule has 0 bridgehead atoms. The van der Waals surface area contributed by atoms with Gasteiger partial charge in [-0.2, -0.15) is 0 Å². The number of benzene rings is 2. The highest BCUT2D eigenvalue weighted by atomic mass is 35.5. The zero-order valence-electron chi connectivity index (χ0n) is 24.5. The minimum atomic E-state index is -0.602. The normalized spacial score (nSPS) is 11.8. The number of anilines is 1. The number of aromatic nitrogens is 2. The molecule has 2 N–H and O–H groups in total. The number of carbonyl (C=O) groups excluding carboxylic acids is 2. The van der Waals surface area contributed by atoms with Crippen molar-refractivity contribution in [2.24, 2.45) is 12.5 Å². The molecule has 0 saturated carbocycles. The minimum Gasteiger partial charge on any atom is -0.461 e. The fourth-order valence-corrected chi connectivity index (χ4v) is 5.22. The zero-order chi connectivity index (χ0) is 29.9. The third-order valence-electron chi connectivity index (χ3n) is 6.99. The third kappa shape index (κ3) is 7.10. The Kier molecular flexibility index (Phi) is 9.09. The zero-order valence-corrected chi connectivity index (χ0v) is 25.3. The van der Waals surface area contributed by atoms with Crippen LogP contribution in [0.3, 0.4) is 0 Å². The van der Waals surface area contributed by atoms with Crippen molar-refractivity contribution in [1.82, 2.24) is 19.6 Å². The van der Waals surface area contributed by atoms with Crippen LogP contribution in [-0.4, -0.2) is 53.3 Å². The molecule has 9 nitrogen and oxygen atoms in total. The lowest BCUT2D eigenvalue weighted by Gasteiger charge is -2.24. The number of fused-ring (bicyclic) bond motifs is 1. The van der Waals surface area contributed by atoms with Gasteiger partial charge in [-0.05, 0) is 76.2 Å². The highest BCUT2D eigenvalue weighted by molar-refractivity contribution is 6.32. The maximum atomic E-state index is 13.6. The van der Waals surface area contributed by atoms with Gasteiger partial charge >= 0.3 is 0 Å². The summed E-state index contributed by atoms with van der Waals surface area (Å²) >= 11 is 6.23. The van der Waals surface area contributed by atoms with Crippen molar-refractivity contribution in [1.29, 1.82) is 0 Å². The fourth-order valence-electron chi connectivity index (χ4n) is 4.99. The first-order chi connectivity index (χ1) is 19.4. The molecule has 41 heavy (non-hydrogen) atoms. The molecule has 2 heterocycles. The van der Waals surface area contributed by atoms with E-state index in [0.29, 0.717) is 28.4 Å². The number of para-hydroxylation sites is 1. The molecular weight excluding hydrogens is 542 g/mol. The largest absolute Gasteiger partial charge is 0.461 e. The standard InChI is InChI=1S/C31H38ClN5O4/c1-20-15-21-16-22(32)17-24(28(21)41-20)29(39)33-19-31(2,3)18-26(38)34-27-25(13-10-14-35(4)5)36(6)37(30(27)40)23-11-8-7-9-12-23/h7-9,11-12,15-17H,10,13-14,18-19H2,1-6H3,(H,33,39)(H,34,38). The fraction of sp³-hybridized carbons (Fsp3) is 0.387. The predicted octanol–water partition coefficient (Wildman–Crippen LogP) is 5.16. The first-order valence-electron chi connectivity index (χ1n) is 13.6. The summed E-state index contributed by atoms with van der Waals surface area (Å²) in [5.74, 6) is 0.0479. The van der Waals surface area contributed by atoms with Crippen LogP contribution in [0.25, 0.3) is 16.7 Å². The van der Waals surface area contributed by atoms with Gasteiger partial charge in [0.15, 0.2) is 0 Å². The molecule has 2 amide bonds. The quantitative estimate of drug-likeness (QED) is 0.255. The SMILES string of the molecule is Cc1cc2cc(Cl)cc(C(=O)NCC(C)(C)CC(=O)Nc3c(CCCN(C)C)n(C)n(-c4ccccc4)c3=O)c2o1. The molecule has 0 aliphatic carbocycles. The van der Waals surface area contributed by atoms with E-state index in [0.717, 1.165) is 29.7 Å². The van der Waals surface area contributed by atoms with E-state index >= 15 is 0 Å². The highest BCUT2D eigenvalue weighted by Crippen LogP contribution is 2.28. The second kappa shape index (κ2) is 12.4. The molecule has 0 saturated heterocycles. The van der Waals surface area contributed by atoms with Crippen LogP contribution in [-0.2, 0) is 18.3 Å². The van der Waals surface area contributed by atoms with Gasteiger partial charge < -0.3 is 20.0 Å². The average Bonchev–Trinajstić information content (AvgIpc) is 3.38. The van der Waals surface area contributed by atoms with E-state index in [4.69, 9.17) is 16.0 Å². The Hall–Kier alpha value is -3.82. The topological polar surface area (TPSA) is 102 Å². The van der Waals surface area contributed by atoms with E-state index < -0.39 is 5.41 Å². The van der Waals surface area contributed by atoms with Gasteiger partial charge in [0.2, 0.25) is 5.91 Å². The number of hydrogen-bond acceptors (Lipinski definition) is 5. The minimum absolute atomic E-state index is 0.0922. The first kappa shape index (κ1) is 30.1. The van der Waals surface area contributed by atoms with Crippen molar-refractivity contribution in [2.45, 2.75) is 40.0 Å². The van der Waals surface area contributed by atoms with E-state index in [1.807, 2.05) is 83.0 Å². The molecule has 4 aromatic rings. The Labute approximate surface area is 245 Å². The number of furan rings is 1. The maximum absolute atomic E-state index is 13.6. The molecule has 0 fully saturated rings. The lowest BCUT2D eigenvalue weighted by Crippen LogP contribution is -2.36. The molecule has 2 aromatic carbocycles. The van der Waals surface area contributed by atoms with Crippen molar-refractivity contribution in [3.63, 3.8) is 0 Å². The van der Waals surface area contributed by atoms with E-state index in [-0.39, 0.29) is 36.0 Å². The third-order valence-corrected chi connectivity index (χ3v) is 7.20. The monoisotopic (exact) mass is 579 g/mol. The summed E-state index contributed by atoms with van der Waals surface area (Å²) in [5, 5.41) is 7.02. The number of hydrogen-bond donors (Lipinski definition) is 2. The number of aryl methyl sites for hydroxylation is 1. The second-order valence-electron chi connectivity index (χ2n) is 11.5. The summed E-state index contributed by atoms with van der Waals surface area (Å²) < 4.78 is 9.12.